The molecule has 0 radical (unpaired) electrons. The van der Waals surface area contributed by atoms with E-state index in [9.17, 15) is 9.90 Å². The molecule has 4 aromatic rings. The Bertz CT molecular complexity index is 1150. The number of furan rings is 1. The van der Waals surface area contributed by atoms with Crippen molar-refractivity contribution in [3.63, 3.8) is 0 Å². The van der Waals surface area contributed by atoms with E-state index in [0.717, 1.165) is 33.4 Å². The van der Waals surface area contributed by atoms with Crippen LogP contribution in [0.4, 0.5) is 0 Å². The van der Waals surface area contributed by atoms with Crippen LogP contribution < -0.4 is 5.32 Å². The first kappa shape index (κ1) is 17.6. The van der Waals surface area contributed by atoms with E-state index in [1.165, 1.54) is 0 Å². The number of nitrogens with zero attached hydrogens (tertiary/aromatic N) is 1. The van der Waals surface area contributed by atoms with Gasteiger partial charge in [-0.05, 0) is 35.4 Å². The Balaban J connectivity index is 1.58. The summed E-state index contributed by atoms with van der Waals surface area (Å²) in [5.74, 6) is -0.595. The number of pyridine rings is 1. The number of aromatic nitrogens is 1. The molecule has 0 amide bonds. The summed E-state index contributed by atoms with van der Waals surface area (Å²) in [6.07, 6.45) is 3.59. The molecule has 2 N–H and O–H groups in total. The number of nitrogens with one attached hydrogen (secondary N) is 1. The van der Waals surface area contributed by atoms with Gasteiger partial charge < -0.3 is 14.8 Å². The molecule has 3 heterocycles. The minimum atomic E-state index is -0.773. The summed E-state index contributed by atoms with van der Waals surface area (Å²) >= 11 is 0. The van der Waals surface area contributed by atoms with Gasteiger partial charge in [0.25, 0.3) is 0 Å². The van der Waals surface area contributed by atoms with Gasteiger partial charge in [-0.1, -0.05) is 42.5 Å². The van der Waals surface area contributed by atoms with Crippen LogP contribution in [0.25, 0.3) is 22.1 Å². The first-order valence-corrected chi connectivity index (χ1v) is 9.66. The molecule has 3 atom stereocenters. The van der Waals surface area contributed by atoms with E-state index in [-0.39, 0.29) is 12.0 Å². The van der Waals surface area contributed by atoms with Crippen LogP contribution in [-0.2, 0) is 4.79 Å². The minimum absolute atomic E-state index is 0.166. The standard InChI is InChI=1S/C24H20N2O3/c27-24(28)19-14-26-23(19)22(15-5-2-1-3-6-15)21-12-18-11-16(8-9-20(18)29-21)17-7-4-10-25-13-17/h1-13,19,22-23,26H,14H2,(H,27,28). The molecule has 29 heavy (non-hydrogen) atoms. The number of hydrogen-bond acceptors (Lipinski definition) is 4. The van der Waals surface area contributed by atoms with Gasteiger partial charge in [0.1, 0.15) is 11.3 Å². The molecule has 1 fully saturated rings. The van der Waals surface area contributed by atoms with E-state index in [0.29, 0.717) is 6.54 Å². The number of carboxylic acids is 1. The van der Waals surface area contributed by atoms with Crippen LogP contribution in [0.15, 0.2) is 83.5 Å². The zero-order valence-corrected chi connectivity index (χ0v) is 15.7. The van der Waals surface area contributed by atoms with E-state index < -0.39 is 11.9 Å². The predicted octanol–water partition coefficient (Wildman–Crippen LogP) is 4.30. The van der Waals surface area contributed by atoms with E-state index in [4.69, 9.17) is 4.42 Å². The summed E-state index contributed by atoms with van der Waals surface area (Å²) in [5, 5.41) is 13.9. The Labute approximate surface area is 168 Å². The van der Waals surface area contributed by atoms with Gasteiger partial charge in [0.05, 0.1) is 11.8 Å². The van der Waals surface area contributed by atoms with Gasteiger partial charge in [0.15, 0.2) is 0 Å². The number of rotatable bonds is 5. The van der Waals surface area contributed by atoms with Crippen molar-refractivity contribution in [2.45, 2.75) is 12.0 Å². The quantitative estimate of drug-likeness (QED) is 0.537. The maximum absolute atomic E-state index is 11.7. The molecule has 2 aromatic carbocycles. The first-order valence-electron chi connectivity index (χ1n) is 9.66. The molecule has 0 bridgehead atoms. The second-order valence-corrected chi connectivity index (χ2v) is 7.41. The molecule has 0 spiro atoms. The van der Waals surface area contributed by atoms with Crippen LogP contribution in [0, 0.1) is 5.92 Å². The third-order valence-electron chi connectivity index (χ3n) is 5.68. The van der Waals surface area contributed by atoms with Crippen LogP contribution in [0.2, 0.25) is 0 Å². The van der Waals surface area contributed by atoms with E-state index in [1.807, 2.05) is 66.9 Å². The van der Waals surface area contributed by atoms with Crippen molar-refractivity contribution >= 4 is 16.9 Å². The highest BCUT2D eigenvalue weighted by atomic mass is 16.4. The summed E-state index contributed by atoms with van der Waals surface area (Å²) < 4.78 is 6.21. The zero-order chi connectivity index (χ0) is 19.8. The lowest BCUT2D eigenvalue weighted by atomic mass is 9.77. The molecule has 5 nitrogen and oxygen atoms in total. The molecule has 1 aliphatic rings. The molecule has 1 saturated heterocycles. The third-order valence-corrected chi connectivity index (χ3v) is 5.68. The molecule has 0 saturated carbocycles. The van der Waals surface area contributed by atoms with Crippen LogP contribution in [0.1, 0.15) is 17.2 Å². The number of hydrogen-bond donors (Lipinski definition) is 2. The fraction of sp³-hybridized carbons (Fsp3) is 0.167. The van der Waals surface area contributed by atoms with Gasteiger partial charge in [-0.3, -0.25) is 9.78 Å². The molecular weight excluding hydrogens is 364 g/mol. The number of carbonyl (C=O) groups is 1. The lowest BCUT2D eigenvalue weighted by Crippen LogP contribution is -2.59. The SMILES string of the molecule is O=C(O)C1CNC1C(c1ccccc1)c1cc2cc(-c3cccnc3)ccc2o1. The predicted molar refractivity (Wildman–Crippen MR) is 111 cm³/mol. The number of aliphatic carboxylic acids is 1. The van der Waals surface area contributed by atoms with Crippen molar-refractivity contribution in [1.82, 2.24) is 10.3 Å². The lowest BCUT2D eigenvalue weighted by Gasteiger charge is -2.40. The smallest absolute Gasteiger partial charge is 0.309 e. The van der Waals surface area contributed by atoms with E-state index in [2.05, 4.69) is 16.4 Å². The molecule has 144 valence electrons. The number of carboxylic acid groups (broad SMARTS) is 1. The van der Waals surface area contributed by atoms with Gasteiger partial charge in [0.2, 0.25) is 0 Å². The fourth-order valence-electron chi connectivity index (χ4n) is 4.10. The van der Waals surface area contributed by atoms with Crippen molar-refractivity contribution in [2.75, 3.05) is 6.54 Å². The Hall–Kier alpha value is -3.44. The van der Waals surface area contributed by atoms with E-state index in [1.54, 1.807) is 6.20 Å². The Morgan fingerprint density at radius 1 is 1.07 bits per heavy atom. The van der Waals surface area contributed by atoms with Gasteiger partial charge in [-0.15, -0.1) is 0 Å². The fourth-order valence-corrected chi connectivity index (χ4v) is 4.10. The Kier molecular flexibility index (Phi) is 4.37. The third kappa shape index (κ3) is 3.19. The minimum Gasteiger partial charge on any atom is -0.481 e. The topological polar surface area (TPSA) is 75.4 Å². The van der Waals surface area contributed by atoms with Crippen molar-refractivity contribution in [1.29, 1.82) is 0 Å². The highest BCUT2D eigenvalue weighted by Gasteiger charge is 2.43. The lowest BCUT2D eigenvalue weighted by molar-refractivity contribution is -0.145. The first-order chi connectivity index (χ1) is 14.2. The second kappa shape index (κ2) is 7.18. The Morgan fingerprint density at radius 2 is 1.93 bits per heavy atom. The summed E-state index contributed by atoms with van der Waals surface area (Å²) in [4.78, 5) is 15.8. The molecule has 5 heteroatoms. The summed E-state index contributed by atoms with van der Waals surface area (Å²) in [6, 6.07) is 21.8. The Morgan fingerprint density at radius 3 is 2.62 bits per heavy atom. The van der Waals surface area contributed by atoms with Crippen LogP contribution in [0.5, 0.6) is 0 Å². The number of fused-ring (bicyclic) bond motifs is 1. The second-order valence-electron chi connectivity index (χ2n) is 7.41. The van der Waals surface area contributed by atoms with Gasteiger partial charge in [0, 0.05) is 35.9 Å². The van der Waals surface area contributed by atoms with Crippen LogP contribution in [-0.4, -0.2) is 28.6 Å². The monoisotopic (exact) mass is 384 g/mol. The maximum atomic E-state index is 11.7. The normalized spacial score (nSPS) is 19.6. The summed E-state index contributed by atoms with van der Waals surface area (Å²) in [6.45, 7) is 0.481. The van der Waals surface area contributed by atoms with Crippen molar-refractivity contribution in [3.8, 4) is 11.1 Å². The highest BCUT2D eigenvalue weighted by Crippen LogP contribution is 2.38. The van der Waals surface area contributed by atoms with Crippen molar-refractivity contribution in [3.05, 3.63) is 90.4 Å². The van der Waals surface area contributed by atoms with Gasteiger partial charge in [-0.25, -0.2) is 0 Å². The van der Waals surface area contributed by atoms with Crippen molar-refractivity contribution < 1.29 is 14.3 Å². The molecule has 1 aliphatic heterocycles. The largest absolute Gasteiger partial charge is 0.481 e. The van der Waals surface area contributed by atoms with Gasteiger partial charge >= 0.3 is 5.97 Å². The van der Waals surface area contributed by atoms with Gasteiger partial charge in [-0.2, -0.15) is 0 Å². The average Bonchev–Trinajstić information content (AvgIpc) is 3.14. The molecule has 3 unspecified atom stereocenters. The van der Waals surface area contributed by atoms with Crippen LogP contribution >= 0.6 is 0 Å². The maximum Gasteiger partial charge on any atom is 0.309 e. The number of benzene rings is 2. The highest BCUT2D eigenvalue weighted by molar-refractivity contribution is 5.84. The summed E-state index contributed by atoms with van der Waals surface area (Å²) in [7, 11) is 0. The van der Waals surface area contributed by atoms with E-state index >= 15 is 0 Å². The molecule has 5 rings (SSSR count). The molecule has 0 aliphatic carbocycles. The molecule has 2 aromatic heterocycles. The van der Waals surface area contributed by atoms with Crippen molar-refractivity contribution in [2.24, 2.45) is 5.92 Å². The average molecular weight is 384 g/mol. The zero-order valence-electron chi connectivity index (χ0n) is 15.7. The van der Waals surface area contributed by atoms with Crippen LogP contribution in [0.3, 0.4) is 0 Å². The summed E-state index contributed by atoms with van der Waals surface area (Å²) in [5.41, 5.74) is 3.95. The molecular formula is C24H20N2O3.